The van der Waals surface area contributed by atoms with Gasteiger partial charge in [-0.3, -0.25) is 4.79 Å². The number of rotatable bonds is 6. The van der Waals surface area contributed by atoms with Crippen molar-refractivity contribution >= 4 is 17.7 Å². The number of amides is 1. The molecular weight excluding hydrogens is 453 g/mol. The predicted molar refractivity (Wildman–Crippen MR) is 120 cm³/mol. The van der Waals surface area contributed by atoms with E-state index >= 15 is 0 Å². The van der Waals surface area contributed by atoms with Crippen LogP contribution in [0.25, 0.3) is 0 Å². The Morgan fingerprint density at radius 1 is 1.15 bits per heavy atom. The average molecular weight is 487 g/mol. The van der Waals surface area contributed by atoms with Gasteiger partial charge in [0.25, 0.3) is 0 Å². The van der Waals surface area contributed by atoms with Gasteiger partial charge in [-0.1, -0.05) is 6.07 Å². The summed E-state index contributed by atoms with van der Waals surface area (Å²) in [6.07, 6.45) is -5.46. The van der Waals surface area contributed by atoms with E-state index in [1.807, 2.05) is 19.9 Å². The Morgan fingerprint density at radius 3 is 2.32 bits per heavy atom. The van der Waals surface area contributed by atoms with Crippen LogP contribution in [0.2, 0.25) is 0 Å². The van der Waals surface area contributed by atoms with E-state index in [9.17, 15) is 27.9 Å². The molecule has 0 aromatic heterocycles. The zero-order chi connectivity index (χ0) is 25.1. The molecule has 1 amide bonds. The number of carboxylic acid groups (broad SMARTS) is 1. The molecule has 2 aliphatic rings. The second-order valence-electron chi connectivity index (χ2n) is 9.57. The first kappa shape index (κ1) is 26.1. The molecule has 1 aromatic carbocycles. The molecule has 10 heteroatoms. The van der Waals surface area contributed by atoms with Gasteiger partial charge in [-0.2, -0.15) is 13.2 Å². The molecule has 2 heterocycles. The van der Waals surface area contributed by atoms with Gasteiger partial charge >= 0.3 is 18.2 Å². The van der Waals surface area contributed by atoms with Crippen molar-refractivity contribution in [3.63, 3.8) is 0 Å². The smallest absolute Gasteiger partial charge is 0.425 e. The lowest BCUT2D eigenvalue weighted by molar-refractivity contribution is -0.200. The van der Waals surface area contributed by atoms with Crippen molar-refractivity contribution in [2.45, 2.75) is 70.9 Å². The van der Waals surface area contributed by atoms with Crippen LogP contribution >= 0.6 is 0 Å². The van der Waals surface area contributed by atoms with E-state index in [1.165, 1.54) is 4.90 Å². The largest absolute Gasteiger partial charge is 0.481 e. The van der Waals surface area contributed by atoms with E-state index in [2.05, 4.69) is 21.8 Å². The second-order valence-corrected chi connectivity index (χ2v) is 9.57. The lowest BCUT2D eigenvalue weighted by Crippen LogP contribution is -2.48. The molecule has 2 aliphatic heterocycles. The Labute approximate surface area is 197 Å². The summed E-state index contributed by atoms with van der Waals surface area (Å²) in [4.78, 5) is 26.7. The maximum Gasteiger partial charge on any atom is 0.425 e. The number of aryl methyl sites for hydroxylation is 1. The van der Waals surface area contributed by atoms with Crippen molar-refractivity contribution in [1.82, 2.24) is 4.90 Å². The van der Waals surface area contributed by atoms with Crippen molar-refractivity contribution < 1.29 is 37.3 Å². The number of anilines is 1. The highest BCUT2D eigenvalue weighted by Crippen LogP contribution is 2.30. The average Bonchev–Trinajstić information content (AvgIpc) is 2.77. The van der Waals surface area contributed by atoms with Crippen molar-refractivity contribution in [3.05, 3.63) is 29.3 Å². The second kappa shape index (κ2) is 10.4. The van der Waals surface area contributed by atoms with Crippen molar-refractivity contribution in [2.24, 2.45) is 5.92 Å². The molecule has 0 bridgehead atoms. The van der Waals surface area contributed by atoms with Gasteiger partial charge in [0.05, 0.1) is 18.1 Å². The van der Waals surface area contributed by atoms with Crippen molar-refractivity contribution in [3.8, 4) is 0 Å². The van der Waals surface area contributed by atoms with E-state index in [0.29, 0.717) is 45.4 Å². The van der Waals surface area contributed by atoms with Crippen LogP contribution in [0.3, 0.4) is 0 Å². The number of alkyl halides is 3. The third kappa shape index (κ3) is 6.77. The van der Waals surface area contributed by atoms with E-state index in [1.54, 1.807) is 0 Å². The summed E-state index contributed by atoms with van der Waals surface area (Å²) in [6, 6.07) is 6.18. The summed E-state index contributed by atoms with van der Waals surface area (Å²) in [5.74, 6) is -1.02. The fourth-order valence-corrected chi connectivity index (χ4v) is 4.35. The van der Waals surface area contributed by atoms with Crippen LogP contribution in [0.15, 0.2) is 18.2 Å². The predicted octanol–water partition coefficient (Wildman–Crippen LogP) is 4.75. The standard InChI is InChI=1S/C24H33F3N2O5/c1-16-12-18(14-20(13-16)28-8-4-19(5-9-28)21(30)31)15-33-23(3)6-10-29(11-7-23)22(32)34-17(2)24(25,26)27/h12-14,17,19H,4-11,15H2,1-3H3,(H,30,31). The molecule has 1 atom stereocenters. The Bertz CT molecular complexity index is 876. The fraction of sp³-hybridized carbons (Fsp3) is 0.667. The molecule has 0 aliphatic carbocycles. The first-order chi connectivity index (χ1) is 15.9. The lowest BCUT2D eigenvalue weighted by atomic mass is 9.93. The zero-order valence-corrected chi connectivity index (χ0v) is 19.9. The van der Waals surface area contributed by atoms with Gasteiger partial charge in [-0.15, -0.1) is 0 Å². The van der Waals surface area contributed by atoms with Gasteiger partial charge in [0.15, 0.2) is 6.10 Å². The Morgan fingerprint density at radius 2 is 1.76 bits per heavy atom. The quantitative estimate of drug-likeness (QED) is 0.625. The lowest BCUT2D eigenvalue weighted by Gasteiger charge is -2.39. The van der Waals surface area contributed by atoms with Crippen LogP contribution in [-0.2, 0) is 20.9 Å². The third-order valence-electron chi connectivity index (χ3n) is 6.74. The molecule has 1 aromatic rings. The molecule has 2 fully saturated rings. The molecule has 7 nitrogen and oxygen atoms in total. The Balaban J connectivity index is 1.53. The van der Waals surface area contributed by atoms with Gasteiger partial charge in [0, 0.05) is 31.9 Å². The first-order valence-corrected chi connectivity index (χ1v) is 11.6. The number of piperidine rings is 2. The minimum atomic E-state index is -4.58. The monoisotopic (exact) mass is 486 g/mol. The van der Waals surface area contributed by atoms with Crippen LogP contribution in [0.5, 0.6) is 0 Å². The highest BCUT2D eigenvalue weighted by molar-refractivity contribution is 5.70. The van der Waals surface area contributed by atoms with Crippen LogP contribution < -0.4 is 4.90 Å². The number of hydrogen-bond acceptors (Lipinski definition) is 5. The molecular formula is C24H33F3N2O5. The number of carboxylic acids is 1. The summed E-state index contributed by atoms with van der Waals surface area (Å²) in [6.45, 7) is 7.04. The van der Waals surface area contributed by atoms with Crippen LogP contribution in [0, 0.1) is 12.8 Å². The van der Waals surface area contributed by atoms with Gasteiger partial charge < -0.3 is 24.4 Å². The molecule has 1 unspecified atom stereocenters. The van der Waals surface area contributed by atoms with Gasteiger partial charge in [-0.25, -0.2) is 4.79 Å². The number of hydrogen-bond donors (Lipinski definition) is 1. The Kier molecular flexibility index (Phi) is 8.00. The van der Waals surface area contributed by atoms with E-state index in [0.717, 1.165) is 23.7 Å². The zero-order valence-electron chi connectivity index (χ0n) is 19.9. The normalized spacial score (nSPS) is 20.2. The summed E-state index contributed by atoms with van der Waals surface area (Å²) in [5.41, 5.74) is 2.62. The Hall–Kier alpha value is -2.49. The number of benzene rings is 1. The topological polar surface area (TPSA) is 79.3 Å². The molecule has 2 saturated heterocycles. The SMILES string of the molecule is Cc1cc(COC2(C)CCN(C(=O)OC(C)C(F)(F)F)CC2)cc(N2CCC(C(=O)O)CC2)c1. The summed E-state index contributed by atoms with van der Waals surface area (Å²) >= 11 is 0. The van der Waals surface area contributed by atoms with Gasteiger partial charge in [0.2, 0.25) is 0 Å². The molecule has 3 rings (SSSR count). The highest BCUT2D eigenvalue weighted by Gasteiger charge is 2.41. The third-order valence-corrected chi connectivity index (χ3v) is 6.74. The maximum atomic E-state index is 12.6. The summed E-state index contributed by atoms with van der Waals surface area (Å²) < 4.78 is 48.7. The molecule has 0 radical (unpaired) electrons. The van der Waals surface area contributed by atoms with Crippen molar-refractivity contribution in [2.75, 3.05) is 31.1 Å². The molecule has 0 spiro atoms. The highest BCUT2D eigenvalue weighted by atomic mass is 19.4. The number of likely N-dealkylation sites (tertiary alicyclic amines) is 1. The van der Waals surface area contributed by atoms with E-state index in [-0.39, 0.29) is 19.0 Å². The van der Waals surface area contributed by atoms with Crippen LogP contribution in [0.1, 0.15) is 50.7 Å². The van der Waals surface area contributed by atoms with Crippen LogP contribution in [-0.4, -0.2) is 66.1 Å². The number of carbonyl (C=O) groups is 2. The van der Waals surface area contributed by atoms with E-state index in [4.69, 9.17) is 4.74 Å². The minimum absolute atomic E-state index is 0.261. The van der Waals surface area contributed by atoms with E-state index < -0.39 is 29.9 Å². The molecule has 0 saturated carbocycles. The maximum absolute atomic E-state index is 12.6. The van der Waals surface area contributed by atoms with Crippen LogP contribution in [0.4, 0.5) is 23.7 Å². The van der Waals surface area contributed by atoms with Gasteiger partial charge in [-0.05, 0) is 69.7 Å². The first-order valence-electron chi connectivity index (χ1n) is 11.6. The molecule has 190 valence electrons. The fourth-order valence-electron chi connectivity index (χ4n) is 4.35. The number of nitrogens with zero attached hydrogens (tertiary/aromatic N) is 2. The molecule has 34 heavy (non-hydrogen) atoms. The molecule has 1 N–H and O–H groups in total. The number of halogens is 3. The number of carbonyl (C=O) groups excluding carboxylic acids is 1. The van der Waals surface area contributed by atoms with Gasteiger partial charge in [0.1, 0.15) is 0 Å². The number of ether oxygens (including phenoxy) is 2. The number of aliphatic carboxylic acids is 1. The summed E-state index contributed by atoms with van der Waals surface area (Å²) in [5, 5.41) is 9.21. The summed E-state index contributed by atoms with van der Waals surface area (Å²) in [7, 11) is 0. The van der Waals surface area contributed by atoms with Crippen molar-refractivity contribution in [1.29, 1.82) is 0 Å². The minimum Gasteiger partial charge on any atom is -0.481 e.